The van der Waals surface area contributed by atoms with Crippen LogP contribution in [0.5, 0.6) is 0 Å². The maximum atomic E-state index is 13.3. The predicted octanol–water partition coefficient (Wildman–Crippen LogP) is 1.84. The summed E-state index contributed by atoms with van der Waals surface area (Å²) in [5.41, 5.74) is 1.12. The zero-order valence-electron chi connectivity index (χ0n) is 19.0. The van der Waals surface area contributed by atoms with Gasteiger partial charge in [-0.1, -0.05) is 0 Å². The van der Waals surface area contributed by atoms with E-state index in [0.717, 1.165) is 18.8 Å². The van der Waals surface area contributed by atoms with Crippen molar-refractivity contribution < 1.29 is 14.3 Å². The van der Waals surface area contributed by atoms with Crippen molar-refractivity contribution in [2.24, 2.45) is 7.05 Å². The topological polar surface area (TPSA) is 99.4 Å². The summed E-state index contributed by atoms with van der Waals surface area (Å²) >= 11 is 0. The van der Waals surface area contributed by atoms with E-state index in [0.29, 0.717) is 30.3 Å². The van der Waals surface area contributed by atoms with Gasteiger partial charge in [-0.15, -0.1) is 0 Å². The van der Waals surface area contributed by atoms with Gasteiger partial charge in [0.15, 0.2) is 5.82 Å². The largest absolute Gasteiger partial charge is 0.394 e. The Hall–Kier alpha value is -3.53. The molecule has 9 nitrogen and oxygen atoms in total. The monoisotopic (exact) mass is 453 g/mol. The van der Waals surface area contributed by atoms with Crippen molar-refractivity contribution in [3.63, 3.8) is 0 Å². The van der Waals surface area contributed by atoms with Crippen molar-refractivity contribution in [1.29, 1.82) is 0 Å². The first kappa shape index (κ1) is 22.7. The molecule has 1 aromatic carbocycles. The summed E-state index contributed by atoms with van der Waals surface area (Å²) in [5, 5.41) is 16.5. The summed E-state index contributed by atoms with van der Waals surface area (Å²) < 4.78 is 14.9. The normalized spacial score (nSPS) is 14.5. The minimum absolute atomic E-state index is 0.197. The number of aliphatic hydroxyl groups excluding tert-OH is 1. The van der Waals surface area contributed by atoms with Crippen molar-refractivity contribution in [3.05, 3.63) is 54.2 Å². The van der Waals surface area contributed by atoms with Gasteiger partial charge in [0.25, 0.3) is 5.91 Å². The number of amides is 1. The SMILES string of the molecule is Cn1cc(-c2nc(C(=O)NC(C)(C)CO)cc(N3CCN(c4ccc(F)cc4)CC3)n2)cn1. The zero-order valence-corrected chi connectivity index (χ0v) is 19.0. The number of aryl methyl sites for hydroxylation is 1. The number of hydrogen-bond donors (Lipinski definition) is 2. The lowest BCUT2D eigenvalue weighted by Crippen LogP contribution is -2.47. The number of nitrogens with zero attached hydrogens (tertiary/aromatic N) is 6. The number of aromatic nitrogens is 4. The number of rotatable bonds is 6. The average molecular weight is 454 g/mol. The Morgan fingerprint density at radius 1 is 1.12 bits per heavy atom. The summed E-state index contributed by atoms with van der Waals surface area (Å²) in [4.78, 5) is 26.4. The molecule has 0 saturated carbocycles. The predicted molar refractivity (Wildman–Crippen MR) is 124 cm³/mol. The number of halogens is 1. The highest BCUT2D eigenvalue weighted by atomic mass is 19.1. The zero-order chi connectivity index (χ0) is 23.6. The van der Waals surface area contributed by atoms with Gasteiger partial charge < -0.3 is 20.2 Å². The quantitative estimate of drug-likeness (QED) is 0.588. The summed E-state index contributed by atoms with van der Waals surface area (Å²) in [6.45, 7) is 6.12. The van der Waals surface area contributed by atoms with Gasteiger partial charge in [-0.2, -0.15) is 5.10 Å². The molecule has 1 fully saturated rings. The molecule has 4 rings (SSSR count). The minimum Gasteiger partial charge on any atom is -0.394 e. The Balaban J connectivity index is 1.59. The molecule has 33 heavy (non-hydrogen) atoms. The van der Waals surface area contributed by atoms with Crippen LogP contribution in [0.1, 0.15) is 24.3 Å². The van der Waals surface area contributed by atoms with E-state index in [9.17, 15) is 14.3 Å². The van der Waals surface area contributed by atoms with E-state index in [-0.39, 0.29) is 24.0 Å². The van der Waals surface area contributed by atoms with Gasteiger partial charge >= 0.3 is 0 Å². The highest BCUT2D eigenvalue weighted by Gasteiger charge is 2.25. The van der Waals surface area contributed by atoms with Gasteiger partial charge in [0.2, 0.25) is 0 Å². The molecule has 0 spiro atoms. The number of carbonyl (C=O) groups excluding carboxylic acids is 1. The van der Waals surface area contributed by atoms with Crippen molar-refractivity contribution >= 4 is 17.4 Å². The van der Waals surface area contributed by atoms with Crippen molar-refractivity contribution in [3.8, 4) is 11.4 Å². The van der Waals surface area contributed by atoms with Crippen molar-refractivity contribution in [1.82, 2.24) is 25.1 Å². The van der Waals surface area contributed by atoms with Gasteiger partial charge in [-0.05, 0) is 38.1 Å². The number of aliphatic hydroxyl groups is 1. The van der Waals surface area contributed by atoms with Crippen LogP contribution in [0.15, 0.2) is 42.7 Å². The molecule has 1 amide bonds. The lowest BCUT2D eigenvalue weighted by atomic mass is 10.1. The summed E-state index contributed by atoms with van der Waals surface area (Å²) in [5.74, 6) is 0.423. The van der Waals surface area contributed by atoms with E-state index in [4.69, 9.17) is 4.98 Å². The fraction of sp³-hybridized carbons (Fsp3) is 0.391. The second-order valence-electron chi connectivity index (χ2n) is 8.78. The number of nitrogens with one attached hydrogen (secondary N) is 1. The lowest BCUT2D eigenvalue weighted by Gasteiger charge is -2.37. The van der Waals surface area contributed by atoms with Crippen LogP contribution in [0.4, 0.5) is 15.9 Å². The second kappa shape index (κ2) is 9.14. The molecule has 0 bridgehead atoms. The number of carbonyl (C=O) groups is 1. The maximum Gasteiger partial charge on any atom is 0.270 e. The number of anilines is 2. The van der Waals surface area contributed by atoms with E-state index in [2.05, 4.69) is 25.2 Å². The second-order valence-corrected chi connectivity index (χ2v) is 8.78. The molecule has 3 aromatic rings. The maximum absolute atomic E-state index is 13.3. The van der Waals surface area contributed by atoms with E-state index < -0.39 is 5.54 Å². The molecule has 3 heterocycles. The van der Waals surface area contributed by atoms with Crippen LogP contribution in [0.25, 0.3) is 11.4 Å². The molecule has 0 aliphatic carbocycles. The Morgan fingerprint density at radius 3 is 2.39 bits per heavy atom. The van der Waals surface area contributed by atoms with E-state index in [1.807, 2.05) is 0 Å². The van der Waals surface area contributed by atoms with Crippen molar-refractivity contribution in [2.45, 2.75) is 19.4 Å². The van der Waals surface area contributed by atoms with Crippen LogP contribution >= 0.6 is 0 Å². The van der Waals surface area contributed by atoms with Crippen LogP contribution in [0.2, 0.25) is 0 Å². The molecule has 0 atom stereocenters. The van der Waals surface area contributed by atoms with Crippen LogP contribution < -0.4 is 15.1 Å². The van der Waals surface area contributed by atoms with Gasteiger partial charge in [-0.3, -0.25) is 9.48 Å². The molecule has 1 saturated heterocycles. The fourth-order valence-electron chi connectivity index (χ4n) is 3.64. The first-order chi connectivity index (χ1) is 15.7. The van der Waals surface area contributed by atoms with Crippen LogP contribution in [0.3, 0.4) is 0 Å². The van der Waals surface area contributed by atoms with E-state index in [1.54, 1.807) is 56.2 Å². The molecule has 2 aromatic heterocycles. The third kappa shape index (κ3) is 5.28. The molecule has 1 aliphatic rings. The summed E-state index contributed by atoms with van der Waals surface area (Å²) in [6, 6.07) is 8.16. The highest BCUT2D eigenvalue weighted by molar-refractivity contribution is 5.94. The van der Waals surface area contributed by atoms with E-state index >= 15 is 0 Å². The van der Waals surface area contributed by atoms with Gasteiger partial charge in [0.05, 0.1) is 23.9 Å². The third-order valence-electron chi connectivity index (χ3n) is 5.55. The standard InChI is InChI=1S/C23H28FN7O2/c1-23(2,15-32)28-22(33)19-12-20(27-21(26-19)16-13-25-29(3)14-16)31-10-8-30(9-11-31)18-6-4-17(24)5-7-18/h4-7,12-14,32H,8-11,15H2,1-3H3,(H,28,33). The molecule has 174 valence electrons. The number of hydrogen-bond acceptors (Lipinski definition) is 7. The Kier molecular flexibility index (Phi) is 6.28. The smallest absolute Gasteiger partial charge is 0.270 e. The number of benzene rings is 1. The highest BCUT2D eigenvalue weighted by Crippen LogP contribution is 2.23. The molecular formula is C23H28FN7O2. The summed E-state index contributed by atoms with van der Waals surface area (Å²) in [7, 11) is 1.80. The summed E-state index contributed by atoms with van der Waals surface area (Å²) in [6.07, 6.45) is 3.45. The third-order valence-corrected chi connectivity index (χ3v) is 5.55. The van der Waals surface area contributed by atoms with E-state index in [1.165, 1.54) is 12.1 Å². The average Bonchev–Trinajstić information content (AvgIpc) is 3.25. The molecule has 10 heteroatoms. The minimum atomic E-state index is -0.780. The van der Waals surface area contributed by atoms with Gasteiger partial charge in [-0.25, -0.2) is 14.4 Å². The molecule has 2 N–H and O–H groups in total. The Bertz CT molecular complexity index is 1120. The molecule has 0 unspecified atom stereocenters. The Morgan fingerprint density at radius 2 is 1.79 bits per heavy atom. The molecular weight excluding hydrogens is 425 g/mol. The van der Waals surface area contributed by atoms with Crippen LogP contribution in [-0.4, -0.2) is 69.1 Å². The van der Waals surface area contributed by atoms with Gasteiger partial charge in [0.1, 0.15) is 17.3 Å². The molecule has 0 radical (unpaired) electrons. The first-order valence-corrected chi connectivity index (χ1v) is 10.8. The van der Waals surface area contributed by atoms with Crippen LogP contribution in [-0.2, 0) is 7.05 Å². The first-order valence-electron chi connectivity index (χ1n) is 10.8. The van der Waals surface area contributed by atoms with Crippen molar-refractivity contribution in [2.75, 3.05) is 42.6 Å². The number of piperazine rings is 1. The molecule has 1 aliphatic heterocycles. The lowest BCUT2D eigenvalue weighted by molar-refractivity contribution is 0.0864. The fourth-order valence-corrected chi connectivity index (χ4v) is 3.64. The van der Waals surface area contributed by atoms with Gasteiger partial charge in [0, 0.05) is 51.2 Å². The van der Waals surface area contributed by atoms with Crippen LogP contribution in [0, 0.1) is 5.82 Å². The Labute approximate surface area is 191 Å².